The zero-order valence-corrected chi connectivity index (χ0v) is 9.26. The molecule has 0 fully saturated rings. The SMILES string of the molecule is O=C(O)COc1ccc(C(=O)CCCO)cc1. The fourth-order valence-electron chi connectivity index (χ4n) is 1.27. The van der Waals surface area contributed by atoms with Gasteiger partial charge in [-0.15, -0.1) is 0 Å². The lowest BCUT2D eigenvalue weighted by atomic mass is 10.1. The standard InChI is InChI=1S/C12H14O5/c13-7-1-2-11(14)9-3-5-10(6-4-9)17-8-12(15)16/h3-6,13H,1-2,7-8H2,(H,15,16). The minimum absolute atomic E-state index is 0.00839. The molecule has 0 saturated heterocycles. The molecule has 17 heavy (non-hydrogen) atoms. The second-order valence-corrected chi connectivity index (χ2v) is 3.46. The smallest absolute Gasteiger partial charge is 0.341 e. The van der Waals surface area contributed by atoms with E-state index in [0.29, 0.717) is 24.2 Å². The molecule has 0 unspecified atom stereocenters. The Morgan fingerprint density at radius 3 is 2.35 bits per heavy atom. The third-order valence-corrected chi connectivity index (χ3v) is 2.10. The molecule has 1 rings (SSSR count). The molecule has 5 heteroatoms. The number of benzene rings is 1. The fraction of sp³-hybridized carbons (Fsp3) is 0.333. The first-order valence-electron chi connectivity index (χ1n) is 5.22. The molecule has 0 heterocycles. The number of rotatable bonds is 7. The average molecular weight is 238 g/mol. The van der Waals surface area contributed by atoms with Gasteiger partial charge in [0.15, 0.2) is 12.4 Å². The molecule has 2 N–H and O–H groups in total. The van der Waals surface area contributed by atoms with Crippen LogP contribution in [0.1, 0.15) is 23.2 Å². The van der Waals surface area contributed by atoms with E-state index in [1.807, 2.05) is 0 Å². The van der Waals surface area contributed by atoms with Gasteiger partial charge < -0.3 is 14.9 Å². The number of carbonyl (C=O) groups is 2. The highest BCUT2D eigenvalue weighted by Crippen LogP contribution is 2.13. The van der Waals surface area contributed by atoms with Crippen molar-refractivity contribution in [1.82, 2.24) is 0 Å². The van der Waals surface area contributed by atoms with Gasteiger partial charge in [0.25, 0.3) is 0 Å². The maximum absolute atomic E-state index is 11.5. The van der Waals surface area contributed by atoms with E-state index in [2.05, 4.69) is 0 Å². The Kier molecular flexibility index (Phi) is 5.16. The molecule has 0 aliphatic carbocycles. The van der Waals surface area contributed by atoms with E-state index in [9.17, 15) is 9.59 Å². The fourth-order valence-corrected chi connectivity index (χ4v) is 1.27. The van der Waals surface area contributed by atoms with E-state index in [4.69, 9.17) is 14.9 Å². The molecule has 0 atom stereocenters. The van der Waals surface area contributed by atoms with Gasteiger partial charge in [0.05, 0.1) is 0 Å². The molecule has 0 spiro atoms. The van der Waals surface area contributed by atoms with Gasteiger partial charge in [-0.1, -0.05) is 0 Å². The summed E-state index contributed by atoms with van der Waals surface area (Å²) in [5.41, 5.74) is 0.529. The van der Waals surface area contributed by atoms with Crippen molar-refractivity contribution >= 4 is 11.8 Å². The van der Waals surface area contributed by atoms with Crippen molar-refractivity contribution in [2.45, 2.75) is 12.8 Å². The van der Waals surface area contributed by atoms with Crippen molar-refractivity contribution in [3.05, 3.63) is 29.8 Å². The van der Waals surface area contributed by atoms with Crippen LogP contribution in [0.15, 0.2) is 24.3 Å². The van der Waals surface area contributed by atoms with Gasteiger partial charge in [-0.25, -0.2) is 4.79 Å². The Hall–Kier alpha value is -1.88. The molecular formula is C12H14O5. The number of hydrogen-bond acceptors (Lipinski definition) is 4. The minimum Gasteiger partial charge on any atom is -0.482 e. The van der Waals surface area contributed by atoms with E-state index in [-0.39, 0.29) is 12.4 Å². The van der Waals surface area contributed by atoms with Crippen LogP contribution >= 0.6 is 0 Å². The van der Waals surface area contributed by atoms with Gasteiger partial charge >= 0.3 is 5.97 Å². The third kappa shape index (κ3) is 4.65. The average Bonchev–Trinajstić information content (AvgIpc) is 2.34. The number of carboxylic acids is 1. The highest BCUT2D eigenvalue weighted by Gasteiger charge is 2.05. The molecule has 0 aliphatic heterocycles. The van der Waals surface area contributed by atoms with Crippen molar-refractivity contribution in [2.24, 2.45) is 0 Å². The summed E-state index contributed by atoms with van der Waals surface area (Å²) < 4.78 is 4.93. The molecule has 0 amide bonds. The largest absolute Gasteiger partial charge is 0.482 e. The van der Waals surface area contributed by atoms with Gasteiger partial charge in [0, 0.05) is 18.6 Å². The van der Waals surface area contributed by atoms with E-state index in [1.165, 1.54) is 0 Å². The molecule has 0 bridgehead atoms. The Labute approximate surface area is 98.6 Å². The Morgan fingerprint density at radius 2 is 1.82 bits per heavy atom. The second kappa shape index (κ2) is 6.65. The monoisotopic (exact) mass is 238 g/mol. The van der Waals surface area contributed by atoms with Crippen molar-refractivity contribution in [3.8, 4) is 5.75 Å². The molecule has 1 aromatic carbocycles. The maximum atomic E-state index is 11.5. The van der Waals surface area contributed by atoms with Crippen molar-refractivity contribution in [3.63, 3.8) is 0 Å². The van der Waals surface area contributed by atoms with Gasteiger partial charge in [-0.2, -0.15) is 0 Å². The Morgan fingerprint density at radius 1 is 1.18 bits per heavy atom. The number of aliphatic hydroxyl groups excluding tert-OH is 1. The number of hydrogen-bond donors (Lipinski definition) is 2. The van der Waals surface area contributed by atoms with Gasteiger partial charge in [0.1, 0.15) is 5.75 Å². The lowest BCUT2D eigenvalue weighted by Crippen LogP contribution is -2.09. The maximum Gasteiger partial charge on any atom is 0.341 e. The van der Waals surface area contributed by atoms with Crippen LogP contribution in [0.2, 0.25) is 0 Å². The van der Waals surface area contributed by atoms with Crippen molar-refractivity contribution in [1.29, 1.82) is 0 Å². The van der Waals surface area contributed by atoms with Crippen LogP contribution in [0.5, 0.6) is 5.75 Å². The van der Waals surface area contributed by atoms with Crippen LogP contribution in [0.3, 0.4) is 0 Å². The molecule has 5 nitrogen and oxygen atoms in total. The molecule has 0 aromatic heterocycles. The number of carbonyl (C=O) groups excluding carboxylic acids is 1. The first kappa shape index (κ1) is 13.2. The first-order chi connectivity index (χ1) is 8.13. The summed E-state index contributed by atoms with van der Waals surface area (Å²) in [6.07, 6.45) is 0.738. The quantitative estimate of drug-likeness (QED) is 0.695. The zero-order valence-electron chi connectivity index (χ0n) is 9.26. The molecule has 0 radical (unpaired) electrons. The first-order valence-corrected chi connectivity index (χ1v) is 5.22. The Bertz CT molecular complexity index is 382. The summed E-state index contributed by atoms with van der Waals surface area (Å²) in [4.78, 5) is 21.8. The van der Waals surface area contributed by atoms with Gasteiger partial charge in [-0.3, -0.25) is 4.79 Å². The number of ether oxygens (including phenoxy) is 1. The van der Waals surface area contributed by atoms with E-state index in [0.717, 1.165) is 0 Å². The van der Waals surface area contributed by atoms with Crippen LogP contribution in [0, 0.1) is 0 Å². The summed E-state index contributed by atoms with van der Waals surface area (Å²) in [5.74, 6) is -0.692. The lowest BCUT2D eigenvalue weighted by Gasteiger charge is -2.04. The van der Waals surface area contributed by atoms with Gasteiger partial charge in [0.2, 0.25) is 0 Å². The Balaban J connectivity index is 2.55. The molecule has 0 saturated carbocycles. The second-order valence-electron chi connectivity index (χ2n) is 3.46. The molecule has 0 aliphatic rings. The number of carboxylic acid groups (broad SMARTS) is 1. The number of aliphatic hydroxyl groups is 1. The summed E-state index contributed by atoms with van der Waals surface area (Å²) in [6, 6.07) is 6.26. The molecule has 1 aromatic rings. The predicted molar refractivity (Wildman–Crippen MR) is 60.2 cm³/mol. The highest BCUT2D eigenvalue weighted by molar-refractivity contribution is 5.96. The predicted octanol–water partition coefficient (Wildman–Crippen LogP) is 1.11. The number of ketones is 1. The van der Waals surface area contributed by atoms with Crippen molar-refractivity contribution < 1.29 is 24.5 Å². The van der Waals surface area contributed by atoms with Crippen molar-refractivity contribution in [2.75, 3.05) is 13.2 Å². The topological polar surface area (TPSA) is 83.8 Å². The van der Waals surface area contributed by atoms with E-state index in [1.54, 1.807) is 24.3 Å². The highest BCUT2D eigenvalue weighted by atomic mass is 16.5. The number of aliphatic carboxylic acids is 1. The van der Waals surface area contributed by atoms with Crippen LogP contribution in [0.4, 0.5) is 0 Å². The summed E-state index contributed by atoms with van der Waals surface area (Å²) in [7, 11) is 0. The number of Topliss-reactive ketones (excluding diaryl/α,β-unsaturated/α-hetero) is 1. The molecule has 92 valence electrons. The van der Waals surface area contributed by atoms with Crippen LogP contribution in [0.25, 0.3) is 0 Å². The van der Waals surface area contributed by atoms with Crippen LogP contribution in [-0.4, -0.2) is 35.2 Å². The van der Waals surface area contributed by atoms with Crippen LogP contribution < -0.4 is 4.74 Å². The normalized spacial score (nSPS) is 9.94. The summed E-state index contributed by atoms with van der Waals surface area (Å²) in [6.45, 7) is -0.413. The lowest BCUT2D eigenvalue weighted by molar-refractivity contribution is -0.139. The van der Waals surface area contributed by atoms with E-state index < -0.39 is 12.6 Å². The zero-order chi connectivity index (χ0) is 12.7. The molecular weight excluding hydrogens is 224 g/mol. The van der Waals surface area contributed by atoms with Gasteiger partial charge in [-0.05, 0) is 30.7 Å². The van der Waals surface area contributed by atoms with Crippen LogP contribution in [-0.2, 0) is 4.79 Å². The van der Waals surface area contributed by atoms with E-state index >= 15 is 0 Å². The minimum atomic E-state index is -1.05. The summed E-state index contributed by atoms with van der Waals surface area (Å²) >= 11 is 0. The third-order valence-electron chi connectivity index (χ3n) is 2.10. The summed E-state index contributed by atoms with van der Waals surface area (Å²) in [5, 5.41) is 17.0.